The van der Waals surface area contributed by atoms with Crippen LogP contribution >= 0.6 is 11.3 Å². The SMILES string of the molecule is CN(Cc1nccs1)[C@H]1CC12CCN(C(=O)Nc1ccn(C)n1)CC2. The van der Waals surface area contributed by atoms with Crippen molar-refractivity contribution in [2.24, 2.45) is 12.5 Å². The van der Waals surface area contributed by atoms with Crippen LogP contribution in [0.3, 0.4) is 0 Å². The zero-order valence-corrected chi connectivity index (χ0v) is 15.5. The van der Waals surface area contributed by atoms with E-state index < -0.39 is 0 Å². The number of urea groups is 1. The van der Waals surface area contributed by atoms with Crippen LogP contribution in [0.4, 0.5) is 10.6 Å². The monoisotopic (exact) mass is 360 g/mol. The van der Waals surface area contributed by atoms with Crippen LogP contribution in [0.1, 0.15) is 24.3 Å². The number of piperidine rings is 1. The summed E-state index contributed by atoms with van der Waals surface area (Å²) in [6.45, 7) is 2.56. The zero-order valence-electron chi connectivity index (χ0n) is 14.7. The molecule has 0 unspecified atom stereocenters. The number of hydrogen-bond acceptors (Lipinski definition) is 5. The van der Waals surface area contributed by atoms with E-state index in [9.17, 15) is 4.79 Å². The molecule has 7 nitrogen and oxygen atoms in total. The van der Waals surface area contributed by atoms with Gasteiger partial charge in [-0.3, -0.25) is 14.9 Å². The van der Waals surface area contributed by atoms with Crippen molar-refractivity contribution in [3.63, 3.8) is 0 Å². The molecule has 1 N–H and O–H groups in total. The van der Waals surface area contributed by atoms with E-state index in [4.69, 9.17) is 0 Å². The van der Waals surface area contributed by atoms with Gasteiger partial charge in [0.15, 0.2) is 5.82 Å². The van der Waals surface area contributed by atoms with Gasteiger partial charge in [-0.2, -0.15) is 5.10 Å². The molecule has 1 saturated heterocycles. The lowest BCUT2D eigenvalue weighted by molar-refractivity contribution is 0.156. The third-order valence-electron chi connectivity index (χ3n) is 5.54. The molecule has 4 rings (SSSR count). The molecule has 2 fully saturated rings. The number of carbonyl (C=O) groups is 1. The minimum absolute atomic E-state index is 0.0399. The van der Waals surface area contributed by atoms with Crippen molar-refractivity contribution in [3.8, 4) is 0 Å². The van der Waals surface area contributed by atoms with Crippen molar-refractivity contribution in [1.82, 2.24) is 24.6 Å². The molecular formula is C17H24N6OS. The lowest BCUT2D eigenvalue weighted by Gasteiger charge is -2.33. The van der Waals surface area contributed by atoms with Gasteiger partial charge in [-0.05, 0) is 31.7 Å². The molecule has 0 radical (unpaired) electrons. The summed E-state index contributed by atoms with van der Waals surface area (Å²) in [5.74, 6) is 0.611. The minimum atomic E-state index is -0.0399. The molecule has 134 valence electrons. The number of nitrogens with zero attached hydrogens (tertiary/aromatic N) is 5. The molecule has 1 saturated carbocycles. The minimum Gasteiger partial charge on any atom is -0.324 e. The second-order valence-corrected chi connectivity index (χ2v) is 8.19. The Balaban J connectivity index is 1.28. The van der Waals surface area contributed by atoms with Crippen LogP contribution in [0, 0.1) is 5.41 Å². The maximum atomic E-state index is 12.4. The summed E-state index contributed by atoms with van der Waals surface area (Å²) < 4.78 is 1.69. The summed E-state index contributed by atoms with van der Waals surface area (Å²) in [5, 5.41) is 10.3. The van der Waals surface area contributed by atoms with Crippen LogP contribution in [0.5, 0.6) is 0 Å². The van der Waals surface area contributed by atoms with Gasteiger partial charge >= 0.3 is 6.03 Å². The first kappa shape index (κ1) is 16.5. The number of thiazole rings is 1. The molecule has 2 aliphatic rings. The number of likely N-dealkylation sites (tertiary alicyclic amines) is 1. The molecule has 8 heteroatoms. The Kier molecular flexibility index (Phi) is 4.24. The van der Waals surface area contributed by atoms with Crippen LogP contribution in [0.25, 0.3) is 0 Å². The molecule has 2 aromatic rings. The number of hydrogen-bond donors (Lipinski definition) is 1. The van der Waals surface area contributed by atoms with Gasteiger partial charge < -0.3 is 4.90 Å². The third-order valence-corrected chi connectivity index (χ3v) is 6.31. The second-order valence-electron chi connectivity index (χ2n) is 7.22. The smallest absolute Gasteiger partial charge is 0.323 e. The number of aryl methyl sites for hydroxylation is 1. The highest BCUT2D eigenvalue weighted by atomic mass is 32.1. The van der Waals surface area contributed by atoms with E-state index in [-0.39, 0.29) is 6.03 Å². The number of carbonyl (C=O) groups excluding carboxylic acids is 1. The van der Waals surface area contributed by atoms with E-state index in [1.165, 1.54) is 11.4 Å². The highest BCUT2D eigenvalue weighted by molar-refractivity contribution is 7.09. The summed E-state index contributed by atoms with van der Waals surface area (Å²) in [6, 6.07) is 2.40. The lowest BCUT2D eigenvalue weighted by atomic mass is 9.92. The standard InChI is InChI=1S/C17H24N6OS/c1-21(12-15-18-6-10-25-15)13-11-17(13)4-8-23(9-5-17)16(24)19-14-3-7-22(2)20-14/h3,6-7,10,13H,4-5,8-9,11-12H2,1-2H3,(H,19,20,24)/t13-/m0/s1. The van der Waals surface area contributed by atoms with E-state index in [1.54, 1.807) is 16.0 Å². The summed E-state index contributed by atoms with van der Waals surface area (Å²) >= 11 is 1.72. The molecule has 0 bridgehead atoms. The highest BCUT2D eigenvalue weighted by Gasteiger charge is 2.56. The Morgan fingerprint density at radius 1 is 1.48 bits per heavy atom. The predicted molar refractivity (Wildman–Crippen MR) is 97.5 cm³/mol. The predicted octanol–water partition coefficient (Wildman–Crippen LogP) is 2.40. The first-order chi connectivity index (χ1) is 12.1. The molecule has 1 atom stereocenters. The maximum absolute atomic E-state index is 12.4. The Morgan fingerprint density at radius 2 is 2.28 bits per heavy atom. The molecule has 1 spiro atoms. The van der Waals surface area contributed by atoms with Crippen LogP contribution in [0.2, 0.25) is 0 Å². The molecule has 2 aromatic heterocycles. The fraction of sp³-hybridized carbons (Fsp3) is 0.588. The first-order valence-electron chi connectivity index (χ1n) is 8.70. The summed E-state index contributed by atoms with van der Waals surface area (Å²) in [7, 11) is 4.04. The van der Waals surface area contributed by atoms with Gasteiger partial charge in [-0.15, -0.1) is 11.3 Å². The van der Waals surface area contributed by atoms with Crippen molar-refractivity contribution in [3.05, 3.63) is 28.8 Å². The fourth-order valence-electron chi connectivity index (χ4n) is 3.97. The number of rotatable bonds is 4. The highest BCUT2D eigenvalue weighted by Crippen LogP contribution is 2.56. The van der Waals surface area contributed by atoms with Gasteiger partial charge in [-0.1, -0.05) is 0 Å². The summed E-state index contributed by atoms with van der Waals surface area (Å²) in [4.78, 5) is 21.1. The molecule has 0 aromatic carbocycles. The van der Waals surface area contributed by atoms with Crippen molar-refractivity contribution < 1.29 is 4.79 Å². The van der Waals surface area contributed by atoms with E-state index in [0.717, 1.165) is 32.5 Å². The number of amides is 2. The van der Waals surface area contributed by atoms with Gasteiger partial charge in [0, 0.05) is 50.0 Å². The van der Waals surface area contributed by atoms with Crippen molar-refractivity contribution in [2.45, 2.75) is 31.8 Å². The Labute approximate surface area is 151 Å². The maximum Gasteiger partial charge on any atom is 0.323 e. The normalized spacial score (nSPS) is 21.7. The van der Waals surface area contributed by atoms with Gasteiger partial charge in [-0.25, -0.2) is 9.78 Å². The summed E-state index contributed by atoms with van der Waals surface area (Å²) in [6.07, 6.45) is 7.10. The van der Waals surface area contributed by atoms with E-state index in [1.807, 2.05) is 35.8 Å². The third kappa shape index (κ3) is 3.41. The average Bonchev–Trinajstić information content (AvgIpc) is 2.92. The fourth-order valence-corrected chi connectivity index (χ4v) is 4.65. The number of aromatic nitrogens is 3. The Bertz CT molecular complexity index is 734. The second kappa shape index (κ2) is 6.42. The molecule has 3 heterocycles. The van der Waals surface area contributed by atoms with Crippen LogP contribution in [0.15, 0.2) is 23.8 Å². The Morgan fingerprint density at radius 3 is 2.92 bits per heavy atom. The van der Waals surface area contributed by atoms with Gasteiger partial charge in [0.25, 0.3) is 0 Å². The lowest BCUT2D eigenvalue weighted by Crippen LogP contribution is -2.43. The molecule has 1 aliphatic carbocycles. The molecule has 25 heavy (non-hydrogen) atoms. The van der Waals surface area contributed by atoms with Gasteiger partial charge in [0.05, 0.1) is 6.54 Å². The largest absolute Gasteiger partial charge is 0.324 e. The first-order valence-corrected chi connectivity index (χ1v) is 9.58. The van der Waals surface area contributed by atoms with Crippen LogP contribution in [-0.4, -0.2) is 56.8 Å². The van der Waals surface area contributed by atoms with Crippen LogP contribution < -0.4 is 5.32 Å². The zero-order chi connectivity index (χ0) is 17.4. The quantitative estimate of drug-likeness (QED) is 0.909. The summed E-state index contributed by atoms with van der Waals surface area (Å²) in [5.41, 5.74) is 0.397. The molecule has 1 aliphatic heterocycles. The Hall–Kier alpha value is -1.93. The molecular weight excluding hydrogens is 336 g/mol. The van der Waals surface area contributed by atoms with Gasteiger partial charge in [0.1, 0.15) is 5.01 Å². The topological polar surface area (TPSA) is 66.3 Å². The van der Waals surface area contributed by atoms with Crippen molar-refractivity contribution in [2.75, 3.05) is 25.5 Å². The van der Waals surface area contributed by atoms with Crippen LogP contribution in [-0.2, 0) is 13.6 Å². The molecule has 2 amide bonds. The van der Waals surface area contributed by atoms with Gasteiger partial charge in [0.2, 0.25) is 0 Å². The van der Waals surface area contributed by atoms with Crippen molar-refractivity contribution in [1.29, 1.82) is 0 Å². The average molecular weight is 360 g/mol. The van der Waals surface area contributed by atoms with E-state index in [2.05, 4.69) is 27.3 Å². The van der Waals surface area contributed by atoms with E-state index >= 15 is 0 Å². The number of anilines is 1. The number of nitrogens with one attached hydrogen (secondary N) is 1. The van der Waals surface area contributed by atoms with Crippen molar-refractivity contribution >= 4 is 23.2 Å². The van der Waals surface area contributed by atoms with E-state index in [0.29, 0.717) is 17.3 Å².